The number of methoxy groups -OCH3 is 2. The Labute approximate surface area is 203 Å². The van der Waals surface area contributed by atoms with Gasteiger partial charge in [-0.05, 0) is 43.2 Å². The Kier molecular flexibility index (Phi) is 5.86. The van der Waals surface area contributed by atoms with Gasteiger partial charge in [-0.2, -0.15) is 10.1 Å². The Morgan fingerprint density at radius 3 is 2.40 bits per heavy atom. The lowest BCUT2D eigenvalue weighted by atomic mass is 10.0. The maximum atomic E-state index is 6.12. The summed E-state index contributed by atoms with van der Waals surface area (Å²) < 4.78 is 24.5. The molecule has 0 aliphatic carbocycles. The first-order valence-electron chi connectivity index (χ1n) is 11.2. The fourth-order valence-electron chi connectivity index (χ4n) is 4.14. The average Bonchev–Trinajstić information content (AvgIpc) is 3.40. The van der Waals surface area contributed by atoms with Gasteiger partial charge in [-0.15, -0.1) is 0 Å². The molecule has 8 heteroatoms. The van der Waals surface area contributed by atoms with Gasteiger partial charge in [-0.1, -0.05) is 30.3 Å². The minimum absolute atomic E-state index is 0.214. The Balaban J connectivity index is 1.46. The molecule has 0 unspecified atom stereocenters. The van der Waals surface area contributed by atoms with Crippen LogP contribution in [0.3, 0.4) is 0 Å². The Morgan fingerprint density at radius 1 is 0.886 bits per heavy atom. The summed E-state index contributed by atoms with van der Waals surface area (Å²) in [5.41, 5.74) is 5.27. The van der Waals surface area contributed by atoms with Crippen molar-refractivity contribution in [3.63, 3.8) is 0 Å². The van der Waals surface area contributed by atoms with Crippen molar-refractivity contribution >= 4 is 11.0 Å². The number of nitrogens with zero attached hydrogens (tertiary/aromatic N) is 4. The van der Waals surface area contributed by atoms with Crippen molar-refractivity contribution in [2.24, 2.45) is 7.05 Å². The first-order chi connectivity index (χ1) is 17.0. The highest BCUT2D eigenvalue weighted by atomic mass is 16.5. The van der Waals surface area contributed by atoms with E-state index in [-0.39, 0.29) is 6.61 Å². The minimum Gasteiger partial charge on any atom is -0.493 e. The third-order valence-corrected chi connectivity index (χ3v) is 5.91. The highest BCUT2D eigenvalue weighted by Crippen LogP contribution is 2.34. The Morgan fingerprint density at radius 2 is 1.66 bits per heavy atom. The molecule has 3 heterocycles. The number of ether oxygens (including phenoxy) is 3. The van der Waals surface area contributed by atoms with Crippen LogP contribution in [0.5, 0.6) is 17.4 Å². The molecule has 0 spiro atoms. The molecule has 0 fully saturated rings. The topological polar surface area (TPSA) is 84.4 Å². The second-order valence-corrected chi connectivity index (χ2v) is 8.16. The highest BCUT2D eigenvalue weighted by molar-refractivity contribution is 5.95. The molecule has 0 saturated carbocycles. The molecule has 178 valence electrons. The van der Waals surface area contributed by atoms with Crippen LogP contribution < -0.4 is 14.2 Å². The van der Waals surface area contributed by atoms with Gasteiger partial charge in [0, 0.05) is 18.7 Å². The lowest BCUT2D eigenvalue weighted by Gasteiger charge is -2.09. The zero-order valence-corrected chi connectivity index (χ0v) is 20.3. The van der Waals surface area contributed by atoms with E-state index in [0.717, 1.165) is 33.4 Å². The monoisotopic (exact) mass is 470 g/mol. The lowest BCUT2D eigenvalue weighted by molar-refractivity contribution is 0.288. The number of oxazole rings is 1. The number of aryl methyl sites for hydroxylation is 3. The van der Waals surface area contributed by atoms with E-state index < -0.39 is 0 Å². The number of benzene rings is 2. The van der Waals surface area contributed by atoms with Crippen LogP contribution in [-0.2, 0) is 13.7 Å². The van der Waals surface area contributed by atoms with Crippen LogP contribution in [0.25, 0.3) is 33.6 Å². The molecule has 0 saturated heterocycles. The molecule has 0 amide bonds. The average molecular weight is 471 g/mol. The summed E-state index contributed by atoms with van der Waals surface area (Å²) in [6.07, 6.45) is 0. The molecule has 5 rings (SSSR count). The van der Waals surface area contributed by atoms with Gasteiger partial charge in [0.1, 0.15) is 18.1 Å². The van der Waals surface area contributed by atoms with Crippen LogP contribution in [0, 0.1) is 13.8 Å². The summed E-state index contributed by atoms with van der Waals surface area (Å²) in [4.78, 5) is 9.38. The Hall–Kier alpha value is -4.33. The number of fused-ring (bicyclic) bond motifs is 1. The largest absolute Gasteiger partial charge is 0.493 e. The van der Waals surface area contributed by atoms with Crippen LogP contribution in [-0.4, -0.2) is 34.0 Å². The molecule has 0 atom stereocenters. The van der Waals surface area contributed by atoms with Crippen LogP contribution in [0.15, 0.2) is 59.0 Å². The fraction of sp³-hybridized carbons (Fsp3) is 0.222. The first kappa shape index (κ1) is 22.5. The molecule has 0 aliphatic rings. The highest BCUT2D eigenvalue weighted by Gasteiger charge is 2.18. The van der Waals surface area contributed by atoms with E-state index in [1.165, 1.54) is 0 Å². The van der Waals surface area contributed by atoms with Gasteiger partial charge in [0.05, 0.1) is 25.3 Å². The summed E-state index contributed by atoms with van der Waals surface area (Å²) in [7, 11) is 5.08. The third kappa shape index (κ3) is 4.19. The fourth-order valence-corrected chi connectivity index (χ4v) is 4.14. The molecule has 35 heavy (non-hydrogen) atoms. The molecular weight excluding hydrogens is 444 g/mol. The van der Waals surface area contributed by atoms with E-state index >= 15 is 0 Å². The standard InChI is InChI=1S/C27H26N4O4/c1-16-25-20(18-9-7-6-8-10-18)14-24(29-26(25)31(3)30-16)34-15-21-17(2)35-27(28-21)19-11-12-22(32-4)23(13-19)33-5/h6-14H,15H2,1-5H3. The minimum atomic E-state index is 0.214. The summed E-state index contributed by atoms with van der Waals surface area (Å²) in [5.74, 6) is 2.91. The van der Waals surface area contributed by atoms with E-state index in [1.54, 1.807) is 18.9 Å². The number of hydrogen-bond donors (Lipinski definition) is 0. The molecule has 0 N–H and O–H groups in total. The smallest absolute Gasteiger partial charge is 0.226 e. The van der Waals surface area contributed by atoms with E-state index in [2.05, 4.69) is 22.2 Å². The van der Waals surface area contributed by atoms with Crippen molar-refractivity contribution in [1.82, 2.24) is 19.7 Å². The SMILES string of the molecule is COc1ccc(-c2nc(COc3cc(-c4ccccc4)c4c(C)nn(C)c4n3)c(C)o2)cc1OC. The number of rotatable bonds is 7. The van der Waals surface area contributed by atoms with Crippen molar-refractivity contribution in [2.75, 3.05) is 14.2 Å². The predicted octanol–water partition coefficient (Wildman–Crippen LogP) is 5.50. The van der Waals surface area contributed by atoms with Gasteiger partial charge in [0.15, 0.2) is 17.1 Å². The first-order valence-corrected chi connectivity index (χ1v) is 11.2. The second-order valence-electron chi connectivity index (χ2n) is 8.16. The van der Waals surface area contributed by atoms with Crippen molar-refractivity contribution < 1.29 is 18.6 Å². The van der Waals surface area contributed by atoms with Gasteiger partial charge in [0.25, 0.3) is 0 Å². The molecule has 3 aromatic heterocycles. The van der Waals surface area contributed by atoms with Gasteiger partial charge in [0.2, 0.25) is 11.8 Å². The maximum absolute atomic E-state index is 6.12. The number of hydrogen-bond acceptors (Lipinski definition) is 7. The van der Waals surface area contributed by atoms with E-state index in [1.807, 2.05) is 63.4 Å². The van der Waals surface area contributed by atoms with Crippen LogP contribution >= 0.6 is 0 Å². The molecular formula is C27H26N4O4. The van der Waals surface area contributed by atoms with Gasteiger partial charge >= 0.3 is 0 Å². The predicted molar refractivity (Wildman–Crippen MR) is 133 cm³/mol. The lowest BCUT2D eigenvalue weighted by Crippen LogP contribution is -2.01. The van der Waals surface area contributed by atoms with Crippen molar-refractivity contribution in [2.45, 2.75) is 20.5 Å². The van der Waals surface area contributed by atoms with Gasteiger partial charge in [-0.25, -0.2) is 4.98 Å². The second kappa shape index (κ2) is 9.13. The molecule has 8 nitrogen and oxygen atoms in total. The maximum Gasteiger partial charge on any atom is 0.226 e. The zero-order chi connectivity index (χ0) is 24.5. The van der Waals surface area contributed by atoms with Crippen molar-refractivity contribution in [3.8, 4) is 40.0 Å². The van der Waals surface area contributed by atoms with E-state index in [9.17, 15) is 0 Å². The van der Waals surface area contributed by atoms with Gasteiger partial charge < -0.3 is 18.6 Å². The summed E-state index contributed by atoms with van der Waals surface area (Å²) in [6.45, 7) is 4.07. The molecule has 0 bridgehead atoms. The van der Waals surface area contributed by atoms with Crippen LogP contribution in [0.1, 0.15) is 17.1 Å². The summed E-state index contributed by atoms with van der Waals surface area (Å²) in [5, 5.41) is 5.58. The number of aromatic nitrogens is 4. The van der Waals surface area contributed by atoms with E-state index in [4.69, 9.17) is 23.6 Å². The zero-order valence-electron chi connectivity index (χ0n) is 20.3. The molecule has 5 aromatic rings. The Bertz CT molecular complexity index is 1510. The summed E-state index contributed by atoms with van der Waals surface area (Å²) >= 11 is 0. The van der Waals surface area contributed by atoms with Crippen LogP contribution in [0.4, 0.5) is 0 Å². The van der Waals surface area contributed by atoms with Gasteiger partial charge in [-0.3, -0.25) is 4.68 Å². The molecule has 0 radical (unpaired) electrons. The van der Waals surface area contributed by atoms with Crippen molar-refractivity contribution in [3.05, 3.63) is 71.7 Å². The number of pyridine rings is 1. The third-order valence-electron chi connectivity index (χ3n) is 5.91. The van der Waals surface area contributed by atoms with E-state index in [0.29, 0.717) is 34.7 Å². The quantitative estimate of drug-likeness (QED) is 0.310. The van der Waals surface area contributed by atoms with Crippen molar-refractivity contribution in [1.29, 1.82) is 0 Å². The molecule has 0 aliphatic heterocycles. The molecule has 2 aromatic carbocycles. The summed E-state index contributed by atoms with van der Waals surface area (Å²) in [6, 6.07) is 17.7. The normalized spacial score (nSPS) is 11.1. The van der Waals surface area contributed by atoms with Crippen LogP contribution in [0.2, 0.25) is 0 Å².